The van der Waals surface area contributed by atoms with Crippen molar-refractivity contribution in [3.05, 3.63) is 30.1 Å². The average molecular weight is 373 g/mol. The molecule has 1 aromatic rings. The largest absolute Gasteiger partial charge is 0.402 e. The van der Waals surface area contributed by atoms with Crippen LogP contribution in [-0.2, 0) is 4.79 Å². The van der Waals surface area contributed by atoms with E-state index in [4.69, 9.17) is 11.1 Å². The number of nitrogens with two attached hydrogens (primary N) is 1. The van der Waals surface area contributed by atoms with Gasteiger partial charge in [-0.15, -0.1) is 0 Å². The molecule has 1 aromatic heterocycles. The van der Waals surface area contributed by atoms with Gasteiger partial charge in [0, 0.05) is 38.0 Å². The van der Waals surface area contributed by atoms with Gasteiger partial charge >= 0.3 is 0 Å². The van der Waals surface area contributed by atoms with Crippen LogP contribution in [0, 0.1) is 11.3 Å². The van der Waals surface area contributed by atoms with Crippen molar-refractivity contribution < 1.29 is 4.79 Å². The zero-order valence-corrected chi connectivity index (χ0v) is 16.6. The Morgan fingerprint density at radius 2 is 2.33 bits per heavy atom. The van der Waals surface area contributed by atoms with Gasteiger partial charge < -0.3 is 21.4 Å². The molecule has 2 rings (SSSR count). The van der Waals surface area contributed by atoms with Crippen molar-refractivity contribution in [3.8, 4) is 0 Å². The van der Waals surface area contributed by atoms with E-state index in [1.165, 1.54) is 6.21 Å². The van der Waals surface area contributed by atoms with Crippen LogP contribution in [0.15, 0.2) is 30.1 Å². The number of hydrogen-bond donors (Lipinski definition) is 3. The molecule has 1 saturated heterocycles. The van der Waals surface area contributed by atoms with Crippen LogP contribution in [0.5, 0.6) is 0 Å². The number of piperidine rings is 1. The van der Waals surface area contributed by atoms with Crippen LogP contribution in [-0.4, -0.2) is 54.7 Å². The quantitative estimate of drug-likeness (QED) is 0.609. The van der Waals surface area contributed by atoms with Gasteiger partial charge in [-0.25, -0.2) is 4.98 Å². The van der Waals surface area contributed by atoms with E-state index in [0.717, 1.165) is 50.3 Å². The summed E-state index contributed by atoms with van der Waals surface area (Å²) in [4.78, 5) is 21.3. The Morgan fingerprint density at radius 3 is 2.96 bits per heavy atom. The highest BCUT2D eigenvalue weighted by atomic mass is 16.2. The summed E-state index contributed by atoms with van der Waals surface area (Å²) < 4.78 is 0. The number of pyridine rings is 1. The number of nitrogens with one attached hydrogen (secondary N) is 2. The van der Waals surface area contributed by atoms with Gasteiger partial charge in [0.2, 0.25) is 5.91 Å². The first kappa shape index (κ1) is 20.9. The molecule has 148 valence electrons. The molecule has 1 aliphatic rings. The number of rotatable bonds is 8. The van der Waals surface area contributed by atoms with Gasteiger partial charge in [0.1, 0.15) is 5.82 Å². The van der Waals surface area contributed by atoms with Crippen molar-refractivity contribution in [3.63, 3.8) is 0 Å². The highest BCUT2D eigenvalue weighted by molar-refractivity contribution is 5.93. The molecule has 4 N–H and O–H groups in total. The molecule has 0 saturated carbocycles. The summed E-state index contributed by atoms with van der Waals surface area (Å²) in [5, 5.41) is 10.1. The van der Waals surface area contributed by atoms with E-state index < -0.39 is 0 Å². The van der Waals surface area contributed by atoms with Gasteiger partial charge in [-0.3, -0.25) is 9.69 Å². The first-order valence-electron chi connectivity index (χ1n) is 9.64. The van der Waals surface area contributed by atoms with Gasteiger partial charge in [-0.2, -0.15) is 0 Å². The summed E-state index contributed by atoms with van der Waals surface area (Å²) in [6, 6.07) is 3.56. The van der Waals surface area contributed by atoms with E-state index in [1.54, 1.807) is 12.3 Å². The van der Waals surface area contributed by atoms with E-state index in [-0.39, 0.29) is 17.9 Å². The molecule has 1 fully saturated rings. The number of aromatic nitrogens is 1. The summed E-state index contributed by atoms with van der Waals surface area (Å²) in [7, 11) is 2.03. The van der Waals surface area contributed by atoms with Crippen molar-refractivity contribution >= 4 is 23.6 Å². The SMILES string of the molecule is CCCN(C)c1ccc(NC(=O)C(C)N2CCCC(/C(N)=C/C=N)C2)nc1. The Bertz CT molecular complexity index is 657. The fraction of sp³-hybridized carbons (Fsp3) is 0.550. The van der Waals surface area contributed by atoms with Gasteiger partial charge in [-0.1, -0.05) is 6.92 Å². The Kier molecular flexibility index (Phi) is 7.79. The van der Waals surface area contributed by atoms with Crippen molar-refractivity contribution in [1.82, 2.24) is 9.88 Å². The van der Waals surface area contributed by atoms with Crippen molar-refractivity contribution in [1.29, 1.82) is 5.41 Å². The molecule has 27 heavy (non-hydrogen) atoms. The normalized spacial score (nSPS) is 19.4. The second-order valence-corrected chi connectivity index (χ2v) is 7.16. The molecular weight excluding hydrogens is 340 g/mol. The molecule has 2 unspecified atom stereocenters. The minimum atomic E-state index is -0.259. The zero-order chi connectivity index (χ0) is 19.8. The minimum Gasteiger partial charge on any atom is -0.402 e. The van der Waals surface area contributed by atoms with Gasteiger partial charge in [0.15, 0.2) is 0 Å². The van der Waals surface area contributed by atoms with Gasteiger partial charge in [-0.05, 0) is 50.9 Å². The van der Waals surface area contributed by atoms with Gasteiger partial charge in [0.25, 0.3) is 0 Å². The predicted molar refractivity (Wildman–Crippen MR) is 111 cm³/mol. The second kappa shape index (κ2) is 10.1. The number of nitrogens with zero attached hydrogens (tertiary/aromatic N) is 3. The minimum absolute atomic E-state index is 0.0626. The Labute approximate surface area is 162 Å². The Balaban J connectivity index is 1.94. The topological polar surface area (TPSA) is 98.3 Å². The van der Waals surface area contributed by atoms with E-state index >= 15 is 0 Å². The maximum atomic E-state index is 12.6. The molecule has 2 atom stereocenters. The first-order chi connectivity index (χ1) is 13.0. The molecule has 0 aliphatic carbocycles. The fourth-order valence-corrected chi connectivity index (χ4v) is 3.41. The third-order valence-electron chi connectivity index (χ3n) is 5.13. The molecule has 7 heteroatoms. The van der Waals surface area contributed by atoms with E-state index in [1.807, 2.05) is 26.1 Å². The summed E-state index contributed by atoms with van der Waals surface area (Å²) >= 11 is 0. The lowest BCUT2D eigenvalue weighted by Crippen LogP contribution is -2.47. The highest BCUT2D eigenvalue weighted by Crippen LogP contribution is 2.23. The third-order valence-corrected chi connectivity index (χ3v) is 5.13. The van der Waals surface area contributed by atoms with Crippen molar-refractivity contribution in [2.24, 2.45) is 11.7 Å². The van der Waals surface area contributed by atoms with Crippen LogP contribution in [0.25, 0.3) is 0 Å². The standard InChI is InChI=1S/C20H32N6O/c1-4-11-25(3)17-7-8-19(23-13-17)24-20(27)15(2)26-12-5-6-16(14-26)18(22)9-10-21/h7-10,13,15-16,21H,4-6,11-12,14,22H2,1-3H3,(H,23,24,27)/b18-9-,21-10?. The lowest BCUT2D eigenvalue weighted by Gasteiger charge is -2.36. The van der Waals surface area contributed by atoms with Crippen LogP contribution in [0.2, 0.25) is 0 Å². The smallest absolute Gasteiger partial charge is 0.242 e. The average Bonchev–Trinajstić information content (AvgIpc) is 2.68. The number of likely N-dealkylation sites (tertiary alicyclic amines) is 1. The molecule has 7 nitrogen and oxygen atoms in total. The maximum Gasteiger partial charge on any atom is 0.242 e. The van der Waals surface area contributed by atoms with Crippen LogP contribution in [0.3, 0.4) is 0 Å². The van der Waals surface area contributed by atoms with Crippen LogP contribution >= 0.6 is 0 Å². The van der Waals surface area contributed by atoms with Crippen LogP contribution < -0.4 is 16.0 Å². The highest BCUT2D eigenvalue weighted by Gasteiger charge is 2.28. The van der Waals surface area contributed by atoms with E-state index in [2.05, 4.69) is 27.0 Å². The number of anilines is 2. The summed E-state index contributed by atoms with van der Waals surface area (Å²) in [6.07, 6.45) is 7.71. The number of carbonyl (C=O) groups is 1. The van der Waals surface area contributed by atoms with Crippen molar-refractivity contribution in [2.75, 3.05) is 36.9 Å². The number of allylic oxidation sites excluding steroid dienone is 1. The van der Waals surface area contributed by atoms with Crippen molar-refractivity contribution in [2.45, 2.75) is 39.2 Å². The first-order valence-corrected chi connectivity index (χ1v) is 9.64. The number of hydrogen-bond acceptors (Lipinski definition) is 6. The summed E-state index contributed by atoms with van der Waals surface area (Å²) in [5.74, 6) is 0.701. The number of carbonyl (C=O) groups excluding carboxylic acids is 1. The maximum absolute atomic E-state index is 12.6. The molecule has 0 aromatic carbocycles. The Morgan fingerprint density at radius 1 is 1.56 bits per heavy atom. The van der Waals surface area contributed by atoms with Gasteiger partial charge in [0.05, 0.1) is 17.9 Å². The van der Waals surface area contributed by atoms with E-state index in [9.17, 15) is 4.79 Å². The molecule has 0 radical (unpaired) electrons. The third kappa shape index (κ3) is 5.79. The Hall–Kier alpha value is -2.41. The lowest BCUT2D eigenvalue weighted by molar-refractivity contribution is -0.121. The fourth-order valence-electron chi connectivity index (χ4n) is 3.41. The predicted octanol–water partition coefficient (Wildman–Crippen LogP) is 2.46. The second-order valence-electron chi connectivity index (χ2n) is 7.16. The number of amides is 1. The van der Waals surface area contributed by atoms with Crippen LogP contribution in [0.4, 0.5) is 11.5 Å². The molecule has 0 spiro atoms. The molecule has 0 bridgehead atoms. The molecule has 2 heterocycles. The summed E-state index contributed by atoms with van der Waals surface area (Å²) in [5.41, 5.74) is 7.81. The molecular formula is C20H32N6O. The van der Waals surface area contributed by atoms with E-state index in [0.29, 0.717) is 5.82 Å². The monoisotopic (exact) mass is 372 g/mol. The van der Waals surface area contributed by atoms with Crippen LogP contribution in [0.1, 0.15) is 33.1 Å². The summed E-state index contributed by atoms with van der Waals surface area (Å²) in [6.45, 7) is 6.63. The zero-order valence-electron chi connectivity index (χ0n) is 16.6. The lowest BCUT2D eigenvalue weighted by atomic mass is 9.93. The molecule has 1 aliphatic heterocycles. The molecule has 1 amide bonds.